The summed E-state index contributed by atoms with van der Waals surface area (Å²) >= 11 is 3.22. The van der Waals surface area contributed by atoms with E-state index in [1.54, 1.807) is 17.0 Å². The van der Waals surface area contributed by atoms with E-state index in [0.29, 0.717) is 23.6 Å². The number of amides is 1. The van der Waals surface area contributed by atoms with Crippen LogP contribution in [0.3, 0.4) is 0 Å². The molecule has 0 N–H and O–H groups in total. The van der Waals surface area contributed by atoms with E-state index in [4.69, 9.17) is 13.9 Å². The highest BCUT2D eigenvalue weighted by Gasteiger charge is 2.41. The van der Waals surface area contributed by atoms with Crippen LogP contribution in [0.25, 0.3) is 0 Å². The first-order valence-electron chi connectivity index (χ1n) is 6.90. The standard InChI is InChI=1S/C14H18BrNO4/c1-16(13(17)11-2-3-12(15)20-11)10-4-6-14(7-5-10)18-8-9-19-14/h2-3,10H,4-9H2,1H3. The molecule has 1 aromatic rings. The second-order valence-electron chi connectivity index (χ2n) is 5.36. The second kappa shape index (κ2) is 5.50. The molecule has 0 bridgehead atoms. The third-order valence-electron chi connectivity index (χ3n) is 4.18. The van der Waals surface area contributed by atoms with E-state index >= 15 is 0 Å². The molecule has 1 amide bonds. The van der Waals surface area contributed by atoms with E-state index in [1.165, 1.54) is 0 Å². The van der Waals surface area contributed by atoms with Crippen LogP contribution in [0, 0.1) is 0 Å². The summed E-state index contributed by atoms with van der Waals surface area (Å²) in [5.74, 6) is -0.0911. The van der Waals surface area contributed by atoms with Gasteiger partial charge < -0.3 is 18.8 Å². The van der Waals surface area contributed by atoms with E-state index < -0.39 is 0 Å². The Bertz CT molecular complexity index is 485. The van der Waals surface area contributed by atoms with Crippen LogP contribution in [0.15, 0.2) is 21.2 Å². The van der Waals surface area contributed by atoms with Crippen molar-refractivity contribution >= 4 is 21.8 Å². The summed E-state index contributed by atoms with van der Waals surface area (Å²) in [7, 11) is 1.83. The van der Waals surface area contributed by atoms with Crippen molar-refractivity contribution in [3.05, 3.63) is 22.6 Å². The second-order valence-corrected chi connectivity index (χ2v) is 6.14. The number of carbonyl (C=O) groups is 1. The molecule has 3 rings (SSSR count). The topological polar surface area (TPSA) is 51.9 Å². The van der Waals surface area contributed by atoms with Crippen molar-refractivity contribution in [1.82, 2.24) is 4.90 Å². The number of hydrogen-bond donors (Lipinski definition) is 0. The minimum absolute atomic E-state index is 0.0788. The summed E-state index contributed by atoms with van der Waals surface area (Å²) in [6.07, 6.45) is 3.47. The van der Waals surface area contributed by atoms with Crippen molar-refractivity contribution < 1.29 is 18.7 Å². The van der Waals surface area contributed by atoms with Gasteiger partial charge in [-0.05, 0) is 40.9 Å². The van der Waals surface area contributed by atoms with Gasteiger partial charge in [0.25, 0.3) is 5.91 Å². The summed E-state index contributed by atoms with van der Waals surface area (Å²) in [4.78, 5) is 14.1. The molecule has 110 valence electrons. The molecule has 2 heterocycles. The van der Waals surface area contributed by atoms with Crippen LogP contribution >= 0.6 is 15.9 Å². The Hall–Kier alpha value is -0.850. The van der Waals surface area contributed by atoms with Crippen molar-refractivity contribution in [3.63, 3.8) is 0 Å². The highest BCUT2D eigenvalue weighted by atomic mass is 79.9. The number of hydrogen-bond acceptors (Lipinski definition) is 4. The summed E-state index contributed by atoms with van der Waals surface area (Å²) in [5, 5.41) is 0. The van der Waals surface area contributed by atoms with Crippen LogP contribution in [0.2, 0.25) is 0 Å². The average molecular weight is 344 g/mol. The Morgan fingerprint density at radius 1 is 1.30 bits per heavy atom. The molecule has 0 radical (unpaired) electrons. The summed E-state index contributed by atoms with van der Waals surface area (Å²) in [6, 6.07) is 3.64. The molecular formula is C14H18BrNO4. The van der Waals surface area contributed by atoms with Gasteiger partial charge in [-0.25, -0.2) is 0 Å². The van der Waals surface area contributed by atoms with Crippen LogP contribution in [0.5, 0.6) is 0 Å². The van der Waals surface area contributed by atoms with Crippen LogP contribution in [0.1, 0.15) is 36.2 Å². The average Bonchev–Trinajstić information content (AvgIpc) is 3.08. The molecule has 1 saturated heterocycles. The maximum absolute atomic E-state index is 12.3. The van der Waals surface area contributed by atoms with Gasteiger partial charge in [-0.2, -0.15) is 0 Å². The van der Waals surface area contributed by atoms with Gasteiger partial charge in [-0.1, -0.05) is 0 Å². The van der Waals surface area contributed by atoms with Gasteiger partial charge in [0.1, 0.15) is 0 Å². The predicted molar refractivity (Wildman–Crippen MR) is 75.4 cm³/mol. The van der Waals surface area contributed by atoms with E-state index in [2.05, 4.69) is 15.9 Å². The molecule has 2 fully saturated rings. The lowest BCUT2D eigenvalue weighted by atomic mass is 9.89. The molecule has 0 aromatic carbocycles. The Labute approximate surface area is 126 Å². The molecule has 1 aromatic heterocycles. The van der Waals surface area contributed by atoms with E-state index in [0.717, 1.165) is 25.7 Å². The summed E-state index contributed by atoms with van der Waals surface area (Å²) < 4.78 is 17.3. The highest BCUT2D eigenvalue weighted by Crippen LogP contribution is 2.37. The minimum atomic E-state index is -0.381. The van der Waals surface area contributed by atoms with Crippen LogP contribution in [0.4, 0.5) is 0 Å². The fourth-order valence-corrected chi connectivity index (χ4v) is 3.29. The van der Waals surface area contributed by atoms with Crippen molar-refractivity contribution in [2.45, 2.75) is 37.5 Å². The molecule has 20 heavy (non-hydrogen) atoms. The molecule has 6 heteroatoms. The third kappa shape index (κ3) is 2.64. The van der Waals surface area contributed by atoms with Gasteiger partial charge in [-0.15, -0.1) is 0 Å². The molecule has 1 spiro atoms. The molecule has 0 unspecified atom stereocenters. The zero-order valence-electron chi connectivity index (χ0n) is 11.4. The number of furan rings is 1. The maximum atomic E-state index is 12.3. The molecule has 2 aliphatic rings. The number of rotatable bonds is 2. The van der Waals surface area contributed by atoms with Crippen molar-refractivity contribution in [3.8, 4) is 0 Å². The number of halogens is 1. The van der Waals surface area contributed by atoms with Crippen LogP contribution < -0.4 is 0 Å². The van der Waals surface area contributed by atoms with E-state index in [1.807, 2.05) is 7.05 Å². The van der Waals surface area contributed by atoms with Gasteiger partial charge >= 0.3 is 0 Å². The van der Waals surface area contributed by atoms with Crippen LogP contribution in [-0.4, -0.2) is 42.9 Å². The third-order valence-corrected chi connectivity index (χ3v) is 4.61. The quantitative estimate of drug-likeness (QED) is 0.828. The number of carbonyl (C=O) groups excluding carboxylic acids is 1. The lowest BCUT2D eigenvalue weighted by Crippen LogP contribution is -2.44. The summed E-state index contributed by atoms with van der Waals surface area (Å²) in [5.41, 5.74) is 0. The maximum Gasteiger partial charge on any atom is 0.289 e. The number of ether oxygens (including phenoxy) is 2. The molecular weight excluding hydrogens is 326 g/mol. The van der Waals surface area contributed by atoms with E-state index in [-0.39, 0.29) is 17.7 Å². The highest BCUT2D eigenvalue weighted by molar-refractivity contribution is 9.10. The molecule has 0 atom stereocenters. The fraction of sp³-hybridized carbons (Fsp3) is 0.643. The summed E-state index contributed by atoms with van der Waals surface area (Å²) in [6.45, 7) is 1.36. The van der Waals surface area contributed by atoms with Gasteiger partial charge in [0, 0.05) is 25.9 Å². The Morgan fingerprint density at radius 3 is 2.50 bits per heavy atom. The monoisotopic (exact) mass is 343 g/mol. The predicted octanol–water partition coefficient (Wildman–Crippen LogP) is 2.80. The first-order valence-corrected chi connectivity index (χ1v) is 7.69. The fourth-order valence-electron chi connectivity index (χ4n) is 2.98. The smallest absolute Gasteiger partial charge is 0.289 e. The molecule has 1 aliphatic carbocycles. The normalized spacial score (nSPS) is 22.3. The lowest BCUT2D eigenvalue weighted by Gasteiger charge is -2.38. The first kappa shape index (κ1) is 14.1. The SMILES string of the molecule is CN(C(=O)c1ccc(Br)o1)C1CCC2(CC1)OCCO2. The van der Waals surface area contributed by atoms with Gasteiger partial charge in [-0.3, -0.25) is 4.79 Å². The first-order chi connectivity index (χ1) is 9.60. The van der Waals surface area contributed by atoms with Crippen molar-refractivity contribution in [2.75, 3.05) is 20.3 Å². The molecule has 1 saturated carbocycles. The zero-order chi connectivity index (χ0) is 14.2. The Balaban J connectivity index is 1.61. The zero-order valence-corrected chi connectivity index (χ0v) is 13.0. The molecule has 1 aliphatic heterocycles. The van der Waals surface area contributed by atoms with Crippen LogP contribution in [-0.2, 0) is 9.47 Å². The Morgan fingerprint density at radius 2 is 1.95 bits per heavy atom. The van der Waals surface area contributed by atoms with Gasteiger partial charge in [0.15, 0.2) is 16.2 Å². The van der Waals surface area contributed by atoms with Crippen molar-refractivity contribution in [2.24, 2.45) is 0 Å². The molecule has 5 nitrogen and oxygen atoms in total. The minimum Gasteiger partial charge on any atom is -0.444 e. The lowest BCUT2D eigenvalue weighted by molar-refractivity contribution is -0.182. The van der Waals surface area contributed by atoms with Crippen molar-refractivity contribution in [1.29, 1.82) is 0 Å². The van der Waals surface area contributed by atoms with Gasteiger partial charge in [0.05, 0.1) is 13.2 Å². The number of nitrogens with zero attached hydrogens (tertiary/aromatic N) is 1. The van der Waals surface area contributed by atoms with E-state index in [9.17, 15) is 4.79 Å². The largest absolute Gasteiger partial charge is 0.444 e. The Kier molecular flexibility index (Phi) is 3.88. The van der Waals surface area contributed by atoms with Gasteiger partial charge in [0.2, 0.25) is 0 Å².